The third kappa shape index (κ3) is 7.93. The van der Waals surface area contributed by atoms with E-state index < -0.39 is 12.6 Å². The first kappa shape index (κ1) is 15.8. The molecule has 108 valence electrons. The van der Waals surface area contributed by atoms with Crippen LogP contribution >= 0.6 is 0 Å². The molecule has 0 aromatic rings. The minimum atomic E-state index is -4.00. The maximum absolute atomic E-state index is 12.0. The van der Waals surface area contributed by atoms with Crippen molar-refractivity contribution >= 4 is 0 Å². The Bertz CT molecular complexity index is 213. The Balaban J connectivity index is 1.91. The van der Waals surface area contributed by atoms with E-state index in [1.54, 1.807) is 0 Å². The zero-order valence-corrected chi connectivity index (χ0v) is 11.2. The first-order valence-electron chi connectivity index (χ1n) is 7.00. The van der Waals surface area contributed by atoms with Crippen LogP contribution in [0.3, 0.4) is 0 Å². The molecule has 1 heterocycles. The van der Waals surface area contributed by atoms with Gasteiger partial charge in [-0.1, -0.05) is 0 Å². The second-order valence-electron chi connectivity index (χ2n) is 5.26. The van der Waals surface area contributed by atoms with Crippen molar-refractivity contribution in [1.29, 1.82) is 0 Å². The van der Waals surface area contributed by atoms with Crippen molar-refractivity contribution in [3.05, 3.63) is 0 Å². The SMILES string of the molecule is CC(CCCC(F)(F)F)NCCCN1CCCC1. The Morgan fingerprint density at radius 3 is 2.44 bits per heavy atom. The van der Waals surface area contributed by atoms with Gasteiger partial charge in [-0.15, -0.1) is 0 Å². The molecule has 0 spiro atoms. The summed E-state index contributed by atoms with van der Waals surface area (Å²) in [6.07, 6.45) is -0.137. The summed E-state index contributed by atoms with van der Waals surface area (Å²) < 4.78 is 35.9. The lowest BCUT2D eigenvalue weighted by molar-refractivity contribution is -0.135. The molecule has 1 fully saturated rings. The standard InChI is InChI=1S/C13H25F3N2/c1-12(6-4-7-13(14,15)16)17-8-5-11-18-9-2-3-10-18/h12,17H,2-11H2,1H3. The van der Waals surface area contributed by atoms with Crippen LogP contribution in [0, 0.1) is 0 Å². The molecule has 1 rings (SSSR count). The molecule has 1 unspecified atom stereocenters. The maximum Gasteiger partial charge on any atom is 0.389 e. The van der Waals surface area contributed by atoms with Gasteiger partial charge < -0.3 is 10.2 Å². The number of halogens is 3. The molecule has 1 saturated heterocycles. The number of rotatable bonds is 8. The number of hydrogen-bond donors (Lipinski definition) is 1. The van der Waals surface area contributed by atoms with Gasteiger partial charge in [-0.25, -0.2) is 0 Å². The largest absolute Gasteiger partial charge is 0.389 e. The summed E-state index contributed by atoms with van der Waals surface area (Å²) in [6.45, 7) is 6.40. The fraction of sp³-hybridized carbons (Fsp3) is 1.00. The highest BCUT2D eigenvalue weighted by Crippen LogP contribution is 2.22. The van der Waals surface area contributed by atoms with Gasteiger partial charge >= 0.3 is 6.18 Å². The first-order valence-corrected chi connectivity index (χ1v) is 7.00. The van der Waals surface area contributed by atoms with Crippen molar-refractivity contribution in [3.63, 3.8) is 0 Å². The van der Waals surface area contributed by atoms with Gasteiger partial charge in [-0.3, -0.25) is 0 Å². The van der Waals surface area contributed by atoms with Crippen LogP contribution in [0.1, 0.15) is 45.4 Å². The number of likely N-dealkylation sites (tertiary alicyclic amines) is 1. The van der Waals surface area contributed by atoms with E-state index in [2.05, 4.69) is 10.2 Å². The molecule has 0 saturated carbocycles. The zero-order chi connectivity index (χ0) is 13.4. The van der Waals surface area contributed by atoms with Crippen LogP contribution in [0.15, 0.2) is 0 Å². The van der Waals surface area contributed by atoms with Crippen molar-refractivity contribution in [2.45, 2.75) is 57.7 Å². The van der Waals surface area contributed by atoms with Crippen molar-refractivity contribution in [2.75, 3.05) is 26.2 Å². The van der Waals surface area contributed by atoms with Crippen LogP contribution in [0.25, 0.3) is 0 Å². The number of nitrogens with zero attached hydrogens (tertiary/aromatic N) is 1. The van der Waals surface area contributed by atoms with E-state index in [1.807, 2.05) is 6.92 Å². The van der Waals surface area contributed by atoms with Crippen molar-refractivity contribution in [2.24, 2.45) is 0 Å². The highest BCUT2D eigenvalue weighted by molar-refractivity contribution is 4.67. The third-order valence-corrected chi connectivity index (χ3v) is 3.44. The molecule has 0 aromatic heterocycles. The lowest BCUT2D eigenvalue weighted by Crippen LogP contribution is -2.30. The fourth-order valence-electron chi connectivity index (χ4n) is 2.37. The van der Waals surface area contributed by atoms with Crippen LogP contribution < -0.4 is 5.32 Å². The minimum absolute atomic E-state index is 0.186. The third-order valence-electron chi connectivity index (χ3n) is 3.44. The van der Waals surface area contributed by atoms with E-state index in [1.165, 1.54) is 25.9 Å². The Labute approximate surface area is 108 Å². The molecule has 2 nitrogen and oxygen atoms in total. The van der Waals surface area contributed by atoms with Gasteiger partial charge in [0, 0.05) is 12.5 Å². The summed E-state index contributed by atoms with van der Waals surface area (Å²) in [6, 6.07) is 0.186. The van der Waals surface area contributed by atoms with E-state index in [9.17, 15) is 13.2 Å². The Morgan fingerprint density at radius 2 is 1.83 bits per heavy atom. The van der Waals surface area contributed by atoms with Crippen LogP contribution in [-0.2, 0) is 0 Å². The van der Waals surface area contributed by atoms with Crippen LogP contribution in [0.2, 0.25) is 0 Å². The van der Waals surface area contributed by atoms with Crippen molar-refractivity contribution < 1.29 is 13.2 Å². The quantitative estimate of drug-likeness (QED) is 0.679. The van der Waals surface area contributed by atoms with Gasteiger partial charge in [0.25, 0.3) is 0 Å². The average molecular weight is 266 g/mol. The maximum atomic E-state index is 12.0. The molecule has 18 heavy (non-hydrogen) atoms. The van der Waals surface area contributed by atoms with E-state index in [0.717, 1.165) is 19.5 Å². The smallest absolute Gasteiger partial charge is 0.314 e. The van der Waals surface area contributed by atoms with Crippen LogP contribution in [0.4, 0.5) is 13.2 Å². The molecule has 0 radical (unpaired) electrons. The summed E-state index contributed by atoms with van der Waals surface area (Å²) in [7, 11) is 0. The highest BCUT2D eigenvalue weighted by Gasteiger charge is 2.26. The van der Waals surface area contributed by atoms with Crippen molar-refractivity contribution in [1.82, 2.24) is 10.2 Å². The van der Waals surface area contributed by atoms with E-state index in [0.29, 0.717) is 6.42 Å². The van der Waals surface area contributed by atoms with E-state index in [-0.39, 0.29) is 12.5 Å². The molecule has 5 heteroatoms. The number of alkyl halides is 3. The van der Waals surface area contributed by atoms with E-state index in [4.69, 9.17) is 0 Å². The number of hydrogen-bond acceptors (Lipinski definition) is 2. The second-order valence-corrected chi connectivity index (χ2v) is 5.26. The molecule has 1 aliphatic heterocycles. The van der Waals surface area contributed by atoms with Gasteiger partial charge in [-0.2, -0.15) is 13.2 Å². The molecule has 0 aliphatic carbocycles. The predicted molar refractivity (Wildman–Crippen MR) is 67.7 cm³/mol. The Hall–Kier alpha value is -0.290. The monoisotopic (exact) mass is 266 g/mol. The molecule has 1 atom stereocenters. The summed E-state index contributed by atoms with van der Waals surface area (Å²) >= 11 is 0. The number of nitrogens with one attached hydrogen (secondary N) is 1. The molecule has 0 aromatic carbocycles. The average Bonchev–Trinajstić information content (AvgIpc) is 2.75. The second kappa shape index (κ2) is 8.00. The van der Waals surface area contributed by atoms with Crippen molar-refractivity contribution in [3.8, 4) is 0 Å². The summed E-state index contributed by atoms with van der Waals surface area (Å²) in [5, 5.41) is 3.30. The van der Waals surface area contributed by atoms with Crippen LogP contribution in [0.5, 0.6) is 0 Å². The fourth-order valence-corrected chi connectivity index (χ4v) is 2.37. The Kier molecular flexibility index (Phi) is 7.00. The first-order chi connectivity index (χ1) is 8.47. The summed E-state index contributed by atoms with van der Waals surface area (Å²) in [5.41, 5.74) is 0. The molecular formula is C13H25F3N2. The molecular weight excluding hydrogens is 241 g/mol. The normalized spacial score (nSPS) is 19.3. The molecule has 0 amide bonds. The van der Waals surface area contributed by atoms with Gasteiger partial charge in [0.2, 0.25) is 0 Å². The summed E-state index contributed by atoms with van der Waals surface area (Å²) in [5.74, 6) is 0. The predicted octanol–water partition coefficient (Wildman–Crippen LogP) is 3.18. The van der Waals surface area contributed by atoms with Gasteiger partial charge in [-0.05, 0) is 65.2 Å². The topological polar surface area (TPSA) is 15.3 Å². The van der Waals surface area contributed by atoms with Crippen LogP contribution in [-0.4, -0.2) is 43.3 Å². The molecule has 1 aliphatic rings. The Morgan fingerprint density at radius 1 is 1.17 bits per heavy atom. The summed E-state index contributed by atoms with van der Waals surface area (Å²) in [4.78, 5) is 2.45. The highest BCUT2D eigenvalue weighted by atomic mass is 19.4. The zero-order valence-electron chi connectivity index (χ0n) is 11.2. The van der Waals surface area contributed by atoms with Gasteiger partial charge in [0.15, 0.2) is 0 Å². The van der Waals surface area contributed by atoms with Gasteiger partial charge in [0.1, 0.15) is 0 Å². The minimum Gasteiger partial charge on any atom is -0.314 e. The van der Waals surface area contributed by atoms with Gasteiger partial charge in [0.05, 0.1) is 0 Å². The van der Waals surface area contributed by atoms with E-state index >= 15 is 0 Å². The lowest BCUT2D eigenvalue weighted by atomic mass is 10.1. The molecule has 1 N–H and O–H groups in total. The molecule has 0 bridgehead atoms. The lowest BCUT2D eigenvalue weighted by Gasteiger charge is -2.17.